The summed E-state index contributed by atoms with van der Waals surface area (Å²) in [6.07, 6.45) is 2.33. The summed E-state index contributed by atoms with van der Waals surface area (Å²) in [6, 6.07) is 8.80. The molecule has 1 atom stereocenters. The molecule has 0 spiro atoms. The average Bonchev–Trinajstić information content (AvgIpc) is 2.19. The Labute approximate surface area is 104 Å². The number of rotatable bonds is 5. The van der Waals surface area contributed by atoms with Gasteiger partial charge in [-0.1, -0.05) is 37.6 Å². The summed E-state index contributed by atoms with van der Waals surface area (Å²) in [5.41, 5.74) is 1.36. The highest BCUT2D eigenvalue weighted by atomic mass is 35.5. The summed E-state index contributed by atoms with van der Waals surface area (Å²) in [5.74, 6) is 0.736. The van der Waals surface area contributed by atoms with Crippen molar-refractivity contribution in [3.8, 4) is 0 Å². The van der Waals surface area contributed by atoms with E-state index >= 15 is 0 Å². The van der Waals surface area contributed by atoms with Crippen LogP contribution in [0.5, 0.6) is 0 Å². The van der Waals surface area contributed by atoms with Gasteiger partial charge in [-0.2, -0.15) is 0 Å². The monoisotopic (exact) mass is 239 g/mol. The number of benzene rings is 1. The SMILES string of the molecule is CC(C)CC(Cc1ccc(Cl)cc1)N(C)C. The van der Waals surface area contributed by atoms with Gasteiger partial charge < -0.3 is 4.90 Å². The lowest BCUT2D eigenvalue weighted by atomic mass is 9.96. The van der Waals surface area contributed by atoms with E-state index in [1.165, 1.54) is 12.0 Å². The molecule has 2 heteroatoms. The van der Waals surface area contributed by atoms with Gasteiger partial charge in [-0.05, 0) is 50.6 Å². The van der Waals surface area contributed by atoms with Crippen LogP contribution in [-0.4, -0.2) is 25.0 Å². The van der Waals surface area contributed by atoms with Crippen LogP contribution in [0.1, 0.15) is 25.8 Å². The Hall–Kier alpha value is -0.530. The smallest absolute Gasteiger partial charge is 0.0406 e. The molecule has 90 valence electrons. The molecule has 0 amide bonds. The second-order valence-electron chi connectivity index (χ2n) is 5.08. The van der Waals surface area contributed by atoms with Crippen molar-refractivity contribution >= 4 is 11.6 Å². The quantitative estimate of drug-likeness (QED) is 0.754. The third-order valence-corrected chi connectivity index (χ3v) is 3.11. The molecule has 0 radical (unpaired) electrons. The molecular weight excluding hydrogens is 218 g/mol. The van der Waals surface area contributed by atoms with Gasteiger partial charge in [0.2, 0.25) is 0 Å². The molecule has 1 unspecified atom stereocenters. The van der Waals surface area contributed by atoms with E-state index in [0.717, 1.165) is 17.4 Å². The van der Waals surface area contributed by atoms with Crippen molar-refractivity contribution in [1.29, 1.82) is 0 Å². The van der Waals surface area contributed by atoms with E-state index in [0.29, 0.717) is 6.04 Å². The normalized spacial score (nSPS) is 13.4. The summed E-state index contributed by atoms with van der Waals surface area (Å²) in [5, 5.41) is 0.814. The Morgan fingerprint density at radius 1 is 1.12 bits per heavy atom. The average molecular weight is 240 g/mol. The number of hydrogen-bond acceptors (Lipinski definition) is 1. The maximum atomic E-state index is 5.88. The fourth-order valence-corrected chi connectivity index (χ4v) is 2.04. The molecule has 1 rings (SSSR count). The summed E-state index contributed by atoms with van der Waals surface area (Å²) in [4.78, 5) is 2.31. The minimum atomic E-state index is 0.612. The van der Waals surface area contributed by atoms with Crippen molar-refractivity contribution in [3.05, 3.63) is 34.9 Å². The van der Waals surface area contributed by atoms with E-state index in [4.69, 9.17) is 11.6 Å². The summed E-state index contributed by atoms with van der Waals surface area (Å²) < 4.78 is 0. The van der Waals surface area contributed by atoms with Crippen molar-refractivity contribution in [3.63, 3.8) is 0 Å². The van der Waals surface area contributed by atoms with Crippen molar-refractivity contribution in [1.82, 2.24) is 4.90 Å². The van der Waals surface area contributed by atoms with Crippen molar-refractivity contribution < 1.29 is 0 Å². The largest absolute Gasteiger partial charge is 0.306 e. The first-order chi connectivity index (χ1) is 7.49. The molecule has 0 heterocycles. The molecule has 0 saturated carbocycles. The Balaban J connectivity index is 2.64. The Morgan fingerprint density at radius 2 is 1.69 bits per heavy atom. The lowest BCUT2D eigenvalue weighted by Crippen LogP contribution is -2.31. The lowest BCUT2D eigenvalue weighted by Gasteiger charge is -2.26. The Kier molecular flexibility index (Phi) is 5.30. The molecule has 0 saturated heterocycles. The fraction of sp³-hybridized carbons (Fsp3) is 0.571. The van der Waals surface area contributed by atoms with Gasteiger partial charge >= 0.3 is 0 Å². The summed E-state index contributed by atoms with van der Waals surface area (Å²) in [7, 11) is 4.31. The van der Waals surface area contributed by atoms with E-state index < -0.39 is 0 Å². The second-order valence-corrected chi connectivity index (χ2v) is 5.51. The van der Waals surface area contributed by atoms with Gasteiger partial charge in [-0.3, -0.25) is 0 Å². The number of nitrogens with zero attached hydrogens (tertiary/aromatic N) is 1. The van der Waals surface area contributed by atoms with E-state index in [9.17, 15) is 0 Å². The molecule has 0 aromatic heterocycles. The first-order valence-corrected chi connectivity index (χ1v) is 6.27. The fourth-order valence-electron chi connectivity index (χ4n) is 1.91. The Bertz CT molecular complexity index is 303. The Morgan fingerprint density at radius 3 is 2.12 bits per heavy atom. The molecule has 0 aliphatic heterocycles. The summed E-state index contributed by atoms with van der Waals surface area (Å²) in [6.45, 7) is 4.55. The van der Waals surface area contributed by atoms with Crippen LogP contribution in [0.3, 0.4) is 0 Å². The molecule has 1 aromatic carbocycles. The van der Waals surface area contributed by atoms with Crippen LogP contribution in [-0.2, 0) is 6.42 Å². The van der Waals surface area contributed by atoms with Crippen LogP contribution in [0.15, 0.2) is 24.3 Å². The van der Waals surface area contributed by atoms with Gasteiger partial charge in [0.15, 0.2) is 0 Å². The van der Waals surface area contributed by atoms with E-state index in [1.807, 2.05) is 12.1 Å². The second kappa shape index (κ2) is 6.27. The molecule has 16 heavy (non-hydrogen) atoms. The molecule has 0 aliphatic rings. The van der Waals surface area contributed by atoms with Gasteiger partial charge in [0.05, 0.1) is 0 Å². The van der Waals surface area contributed by atoms with Crippen molar-refractivity contribution in [2.75, 3.05) is 14.1 Å². The maximum Gasteiger partial charge on any atom is 0.0406 e. The van der Waals surface area contributed by atoms with Crippen LogP contribution in [0, 0.1) is 5.92 Å². The van der Waals surface area contributed by atoms with Gasteiger partial charge in [-0.25, -0.2) is 0 Å². The molecule has 0 bridgehead atoms. The highest BCUT2D eigenvalue weighted by molar-refractivity contribution is 6.30. The van der Waals surface area contributed by atoms with E-state index in [2.05, 4.69) is 45.0 Å². The van der Waals surface area contributed by atoms with E-state index in [-0.39, 0.29) is 0 Å². The van der Waals surface area contributed by atoms with Crippen molar-refractivity contribution in [2.24, 2.45) is 5.92 Å². The minimum Gasteiger partial charge on any atom is -0.306 e. The number of likely N-dealkylation sites (N-methyl/N-ethyl adjacent to an activating group) is 1. The summed E-state index contributed by atoms with van der Waals surface area (Å²) >= 11 is 5.88. The molecule has 1 aromatic rings. The number of halogens is 1. The van der Waals surface area contributed by atoms with Crippen LogP contribution >= 0.6 is 11.6 Å². The molecule has 0 fully saturated rings. The van der Waals surface area contributed by atoms with Crippen molar-refractivity contribution in [2.45, 2.75) is 32.7 Å². The number of hydrogen-bond donors (Lipinski definition) is 0. The molecule has 0 aliphatic carbocycles. The predicted octanol–water partition coefficient (Wildman–Crippen LogP) is 3.86. The van der Waals surface area contributed by atoms with Gasteiger partial charge in [0.1, 0.15) is 0 Å². The molecule has 0 N–H and O–H groups in total. The van der Waals surface area contributed by atoms with Gasteiger partial charge in [0, 0.05) is 11.1 Å². The third kappa shape index (κ3) is 4.54. The highest BCUT2D eigenvalue weighted by Crippen LogP contribution is 2.16. The topological polar surface area (TPSA) is 3.24 Å². The highest BCUT2D eigenvalue weighted by Gasteiger charge is 2.13. The van der Waals surface area contributed by atoms with Crippen LogP contribution in [0.4, 0.5) is 0 Å². The van der Waals surface area contributed by atoms with Crippen LogP contribution in [0.2, 0.25) is 5.02 Å². The van der Waals surface area contributed by atoms with Crippen LogP contribution in [0.25, 0.3) is 0 Å². The first-order valence-electron chi connectivity index (χ1n) is 5.90. The molecule has 1 nitrogen and oxygen atoms in total. The van der Waals surface area contributed by atoms with Crippen LogP contribution < -0.4 is 0 Å². The first kappa shape index (κ1) is 13.5. The zero-order valence-corrected chi connectivity index (χ0v) is 11.5. The maximum absolute atomic E-state index is 5.88. The predicted molar refractivity (Wildman–Crippen MR) is 72.1 cm³/mol. The zero-order valence-electron chi connectivity index (χ0n) is 10.7. The molecular formula is C14H22ClN. The van der Waals surface area contributed by atoms with Gasteiger partial charge in [-0.15, -0.1) is 0 Å². The lowest BCUT2D eigenvalue weighted by molar-refractivity contribution is 0.253. The zero-order chi connectivity index (χ0) is 12.1. The minimum absolute atomic E-state index is 0.612. The third-order valence-electron chi connectivity index (χ3n) is 2.86. The van der Waals surface area contributed by atoms with Gasteiger partial charge in [0.25, 0.3) is 0 Å². The standard InChI is InChI=1S/C14H22ClN/c1-11(2)9-14(16(3)4)10-12-5-7-13(15)8-6-12/h5-8,11,14H,9-10H2,1-4H3. The van der Waals surface area contributed by atoms with E-state index in [1.54, 1.807) is 0 Å².